The fourth-order valence-corrected chi connectivity index (χ4v) is 2.37. The largest absolute Gasteiger partial charge is 0.504 e. The first kappa shape index (κ1) is 18.9. The number of aromatic hydroxyl groups is 4. The van der Waals surface area contributed by atoms with E-state index >= 15 is 0 Å². The molecule has 0 radical (unpaired) electrons. The van der Waals surface area contributed by atoms with Crippen molar-refractivity contribution in [3.05, 3.63) is 53.6 Å². The Morgan fingerprint density at radius 3 is 2.08 bits per heavy atom. The van der Waals surface area contributed by atoms with Crippen LogP contribution in [-0.4, -0.2) is 37.3 Å². The lowest BCUT2D eigenvalue weighted by Crippen LogP contribution is -2.19. The molecule has 0 aromatic heterocycles. The Labute approximate surface area is 149 Å². The van der Waals surface area contributed by atoms with Crippen molar-refractivity contribution in [2.75, 3.05) is 0 Å². The van der Waals surface area contributed by atoms with Crippen LogP contribution >= 0.6 is 0 Å². The Morgan fingerprint density at radius 2 is 1.50 bits per heavy atom. The van der Waals surface area contributed by atoms with Crippen molar-refractivity contribution < 1.29 is 35.1 Å². The number of phenols is 4. The number of carbonyl (C=O) groups excluding carboxylic acids is 1. The number of hydrogen-bond acceptors (Lipinski definition) is 6. The molecule has 2 aromatic carbocycles. The van der Waals surface area contributed by atoms with Crippen molar-refractivity contribution in [3.63, 3.8) is 0 Å². The summed E-state index contributed by atoms with van der Waals surface area (Å²) in [6.07, 6.45) is 2.38. The summed E-state index contributed by atoms with van der Waals surface area (Å²) < 4.78 is 0. The van der Waals surface area contributed by atoms with Gasteiger partial charge in [0.05, 0.1) is 5.92 Å². The van der Waals surface area contributed by atoms with Gasteiger partial charge in [0.2, 0.25) is 0 Å². The summed E-state index contributed by atoms with van der Waals surface area (Å²) >= 11 is 0. The molecule has 26 heavy (non-hydrogen) atoms. The predicted octanol–water partition coefficient (Wildman–Crippen LogP) is 2.42. The Morgan fingerprint density at radius 1 is 0.885 bits per heavy atom. The van der Waals surface area contributed by atoms with Crippen LogP contribution < -0.4 is 0 Å². The van der Waals surface area contributed by atoms with E-state index in [1.54, 1.807) is 0 Å². The Hall–Kier alpha value is -3.48. The fourth-order valence-electron chi connectivity index (χ4n) is 2.37. The van der Waals surface area contributed by atoms with E-state index in [0.717, 1.165) is 0 Å². The summed E-state index contributed by atoms with van der Waals surface area (Å²) in [6.45, 7) is 0. The van der Waals surface area contributed by atoms with E-state index in [4.69, 9.17) is 0 Å². The van der Waals surface area contributed by atoms with Crippen molar-refractivity contribution in [1.82, 2.24) is 0 Å². The zero-order chi connectivity index (χ0) is 19.3. The van der Waals surface area contributed by atoms with Gasteiger partial charge in [-0.15, -0.1) is 0 Å². The second-order valence-corrected chi connectivity index (χ2v) is 5.81. The molecule has 0 amide bonds. The molecule has 0 aliphatic carbocycles. The van der Waals surface area contributed by atoms with Gasteiger partial charge in [-0.1, -0.05) is 18.2 Å². The van der Waals surface area contributed by atoms with Gasteiger partial charge in [0.15, 0.2) is 28.8 Å². The van der Waals surface area contributed by atoms with Gasteiger partial charge in [-0.2, -0.15) is 0 Å². The van der Waals surface area contributed by atoms with Gasteiger partial charge in [-0.25, -0.2) is 0 Å². The van der Waals surface area contributed by atoms with Gasteiger partial charge in [-0.05, 0) is 47.9 Å². The lowest BCUT2D eigenvalue weighted by molar-refractivity contribution is -0.143. The zero-order valence-corrected chi connectivity index (χ0v) is 13.7. The molecule has 2 rings (SSSR count). The van der Waals surface area contributed by atoms with Gasteiger partial charge in [-0.3, -0.25) is 9.59 Å². The molecular weight excluding hydrogens is 340 g/mol. The average Bonchev–Trinajstić information content (AvgIpc) is 2.58. The Bertz CT molecular complexity index is 855. The second kappa shape index (κ2) is 8.06. The van der Waals surface area contributed by atoms with E-state index in [0.29, 0.717) is 11.1 Å². The molecule has 0 bridgehead atoms. The number of hydrogen-bond donors (Lipinski definition) is 5. The van der Waals surface area contributed by atoms with Crippen LogP contribution in [0.5, 0.6) is 23.0 Å². The molecule has 0 unspecified atom stereocenters. The topological polar surface area (TPSA) is 135 Å². The van der Waals surface area contributed by atoms with Crippen LogP contribution in [0.15, 0.2) is 42.5 Å². The first-order valence-electron chi connectivity index (χ1n) is 7.73. The fraction of sp³-hybridized carbons (Fsp3) is 0.158. The normalized spacial score (nSPS) is 12.2. The highest BCUT2D eigenvalue weighted by Crippen LogP contribution is 2.27. The van der Waals surface area contributed by atoms with E-state index in [9.17, 15) is 35.1 Å². The van der Waals surface area contributed by atoms with Crippen LogP contribution in [0.3, 0.4) is 0 Å². The van der Waals surface area contributed by atoms with Crippen molar-refractivity contribution in [2.45, 2.75) is 12.8 Å². The minimum absolute atomic E-state index is 0.0166. The minimum Gasteiger partial charge on any atom is -0.504 e. The third-order valence-electron chi connectivity index (χ3n) is 3.78. The van der Waals surface area contributed by atoms with E-state index in [2.05, 4.69) is 0 Å². The molecule has 0 spiro atoms. The van der Waals surface area contributed by atoms with Crippen LogP contribution in [-0.2, 0) is 16.0 Å². The first-order valence-corrected chi connectivity index (χ1v) is 7.73. The van der Waals surface area contributed by atoms with Gasteiger partial charge in [0.1, 0.15) is 0 Å². The molecule has 0 heterocycles. The summed E-state index contributed by atoms with van der Waals surface area (Å²) in [7, 11) is 0. The van der Waals surface area contributed by atoms with Crippen LogP contribution in [0.25, 0.3) is 6.08 Å². The summed E-state index contributed by atoms with van der Waals surface area (Å²) in [5, 5.41) is 46.7. The third-order valence-corrected chi connectivity index (χ3v) is 3.78. The van der Waals surface area contributed by atoms with Crippen LogP contribution in [0.1, 0.15) is 17.5 Å². The maximum absolute atomic E-state index is 12.0. The molecule has 0 aliphatic heterocycles. The number of phenolic OH excluding ortho intramolecular Hbond substituents is 4. The van der Waals surface area contributed by atoms with Crippen LogP contribution in [0.2, 0.25) is 0 Å². The predicted molar refractivity (Wildman–Crippen MR) is 93.0 cm³/mol. The van der Waals surface area contributed by atoms with E-state index in [-0.39, 0.29) is 35.8 Å². The number of carboxylic acid groups (broad SMARTS) is 1. The van der Waals surface area contributed by atoms with Crippen LogP contribution in [0, 0.1) is 5.92 Å². The number of benzene rings is 2. The summed E-state index contributed by atoms with van der Waals surface area (Å²) in [5.74, 6) is -3.84. The molecule has 136 valence electrons. The van der Waals surface area contributed by atoms with Crippen LogP contribution in [0.4, 0.5) is 0 Å². The Balaban J connectivity index is 2.05. The van der Waals surface area contributed by atoms with Gasteiger partial charge >= 0.3 is 5.97 Å². The van der Waals surface area contributed by atoms with Gasteiger partial charge in [0, 0.05) is 6.42 Å². The standard InChI is InChI=1S/C19H18O7/c20-14(4-1-11-2-5-15(21)17(23)8-11)10-13(19(25)26)7-12-3-6-16(22)18(24)9-12/h1-6,8-9,13,21-24H,7,10H2,(H,25,26)/b4-1+/t13-/m0/s1. The van der Waals surface area contributed by atoms with Crippen molar-refractivity contribution in [1.29, 1.82) is 0 Å². The lowest BCUT2D eigenvalue weighted by atomic mass is 9.94. The molecular formula is C19H18O7. The number of carbonyl (C=O) groups is 2. The summed E-state index contributed by atoms with van der Waals surface area (Å²) in [5.41, 5.74) is 0.955. The van der Waals surface area contributed by atoms with E-state index < -0.39 is 17.7 Å². The molecule has 0 aliphatic rings. The van der Waals surface area contributed by atoms with E-state index in [1.165, 1.54) is 48.6 Å². The Kier molecular flexibility index (Phi) is 5.85. The summed E-state index contributed by atoms with van der Waals surface area (Å²) in [6, 6.07) is 8.02. The average molecular weight is 358 g/mol. The quantitative estimate of drug-likeness (QED) is 0.379. The lowest BCUT2D eigenvalue weighted by Gasteiger charge is -2.11. The number of aliphatic carboxylic acids is 1. The molecule has 0 fully saturated rings. The van der Waals surface area contributed by atoms with Gasteiger partial charge in [0.25, 0.3) is 0 Å². The monoisotopic (exact) mass is 358 g/mol. The smallest absolute Gasteiger partial charge is 0.307 e. The highest BCUT2D eigenvalue weighted by molar-refractivity contribution is 5.95. The van der Waals surface area contributed by atoms with E-state index in [1.807, 2.05) is 0 Å². The zero-order valence-electron chi connectivity index (χ0n) is 13.7. The van der Waals surface area contributed by atoms with Crippen molar-refractivity contribution in [3.8, 4) is 23.0 Å². The third kappa shape index (κ3) is 5.01. The van der Waals surface area contributed by atoms with Crippen molar-refractivity contribution in [2.24, 2.45) is 5.92 Å². The van der Waals surface area contributed by atoms with Gasteiger partial charge < -0.3 is 25.5 Å². The highest BCUT2D eigenvalue weighted by Gasteiger charge is 2.21. The molecule has 0 saturated carbocycles. The highest BCUT2D eigenvalue weighted by atomic mass is 16.4. The molecule has 2 aromatic rings. The van der Waals surface area contributed by atoms with Crippen molar-refractivity contribution >= 4 is 17.8 Å². The molecule has 7 heteroatoms. The second-order valence-electron chi connectivity index (χ2n) is 5.81. The molecule has 5 N–H and O–H groups in total. The molecule has 0 saturated heterocycles. The molecule has 1 atom stereocenters. The maximum Gasteiger partial charge on any atom is 0.307 e. The first-order chi connectivity index (χ1) is 12.3. The summed E-state index contributed by atoms with van der Waals surface area (Å²) in [4.78, 5) is 23.4. The number of carboxylic acids is 1. The maximum atomic E-state index is 12.0. The number of rotatable bonds is 7. The number of ketones is 1. The number of allylic oxidation sites excluding steroid dienone is 1. The molecule has 7 nitrogen and oxygen atoms in total. The minimum atomic E-state index is -1.15. The SMILES string of the molecule is O=C(/C=C/c1ccc(O)c(O)c1)C[C@H](Cc1ccc(O)c(O)c1)C(=O)O.